The van der Waals surface area contributed by atoms with Crippen LogP contribution in [0.15, 0.2) is 18.2 Å². The number of nitrogen functional groups attached to an aromatic ring is 1. The van der Waals surface area contributed by atoms with E-state index in [2.05, 4.69) is 5.32 Å². The molecule has 0 saturated carbocycles. The van der Waals surface area contributed by atoms with Gasteiger partial charge >= 0.3 is 0 Å². The highest BCUT2D eigenvalue weighted by molar-refractivity contribution is 5.85. The van der Waals surface area contributed by atoms with Gasteiger partial charge in [0.05, 0.1) is 6.04 Å². The van der Waals surface area contributed by atoms with E-state index in [1.807, 2.05) is 18.2 Å². The minimum atomic E-state index is 0. The van der Waals surface area contributed by atoms with Crippen LogP contribution in [-0.2, 0) is 16.0 Å². The summed E-state index contributed by atoms with van der Waals surface area (Å²) in [6.45, 7) is 0. The fourth-order valence-electron chi connectivity index (χ4n) is 2.87. The molecule has 1 atom stereocenters. The van der Waals surface area contributed by atoms with Gasteiger partial charge in [-0.25, -0.2) is 0 Å². The lowest BCUT2D eigenvalue weighted by Gasteiger charge is -2.26. The number of nitrogens with one attached hydrogen (secondary N) is 1. The molecular formula is C17H26ClN3O2. The molecule has 0 radical (unpaired) electrons. The molecule has 3 N–H and O–H groups in total. The molecule has 0 heterocycles. The third kappa shape index (κ3) is 5.43. The summed E-state index contributed by atoms with van der Waals surface area (Å²) >= 11 is 0. The van der Waals surface area contributed by atoms with Crippen molar-refractivity contribution >= 4 is 29.9 Å². The normalized spacial score (nSPS) is 16.0. The molecule has 0 fully saturated rings. The van der Waals surface area contributed by atoms with Crippen LogP contribution in [0.25, 0.3) is 0 Å². The smallest absolute Gasteiger partial charge is 0.222 e. The quantitative estimate of drug-likeness (QED) is 0.809. The SMILES string of the molecule is CN(C)C(=O)CCCC(=O)NC1CCCc2cc(N)ccc21.Cl. The Labute approximate surface area is 144 Å². The molecule has 128 valence electrons. The number of anilines is 1. The van der Waals surface area contributed by atoms with Crippen molar-refractivity contribution in [3.8, 4) is 0 Å². The molecule has 6 heteroatoms. The molecule has 1 aliphatic rings. The second-order valence-electron chi connectivity index (χ2n) is 6.11. The van der Waals surface area contributed by atoms with Gasteiger partial charge in [0.25, 0.3) is 0 Å². The van der Waals surface area contributed by atoms with Gasteiger partial charge < -0.3 is 16.0 Å². The first-order valence-corrected chi connectivity index (χ1v) is 7.85. The van der Waals surface area contributed by atoms with Crippen molar-refractivity contribution in [2.75, 3.05) is 19.8 Å². The van der Waals surface area contributed by atoms with Gasteiger partial charge in [-0.05, 0) is 48.9 Å². The first-order chi connectivity index (χ1) is 10.5. The second-order valence-corrected chi connectivity index (χ2v) is 6.11. The molecule has 0 bridgehead atoms. The van der Waals surface area contributed by atoms with E-state index in [1.165, 1.54) is 11.1 Å². The van der Waals surface area contributed by atoms with E-state index in [0.717, 1.165) is 24.9 Å². The van der Waals surface area contributed by atoms with Crippen molar-refractivity contribution in [1.29, 1.82) is 0 Å². The number of benzene rings is 1. The number of amides is 2. The van der Waals surface area contributed by atoms with Gasteiger partial charge in [0.2, 0.25) is 11.8 Å². The maximum Gasteiger partial charge on any atom is 0.222 e. The maximum atomic E-state index is 12.1. The monoisotopic (exact) mass is 339 g/mol. The van der Waals surface area contributed by atoms with E-state index in [1.54, 1.807) is 19.0 Å². The molecule has 0 spiro atoms. The number of hydrogen-bond donors (Lipinski definition) is 2. The van der Waals surface area contributed by atoms with Crippen molar-refractivity contribution < 1.29 is 9.59 Å². The number of fused-ring (bicyclic) bond motifs is 1. The topological polar surface area (TPSA) is 75.4 Å². The van der Waals surface area contributed by atoms with Crippen molar-refractivity contribution in [2.45, 2.75) is 44.6 Å². The lowest BCUT2D eigenvalue weighted by molar-refractivity contribution is -0.129. The van der Waals surface area contributed by atoms with Gasteiger partial charge in [-0.15, -0.1) is 12.4 Å². The van der Waals surface area contributed by atoms with Gasteiger partial charge in [0.1, 0.15) is 0 Å². The van der Waals surface area contributed by atoms with E-state index < -0.39 is 0 Å². The zero-order valence-corrected chi connectivity index (χ0v) is 14.6. The van der Waals surface area contributed by atoms with Crippen LogP contribution in [0, 0.1) is 0 Å². The van der Waals surface area contributed by atoms with Crippen LogP contribution >= 0.6 is 12.4 Å². The summed E-state index contributed by atoms with van der Waals surface area (Å²) in [7, 11) is 3.46. The lowest BCUT2D eigenvalue weighted by Crippen LogP contribution is -2.31. The second kappa shape index (κ2) is 8.77. The molecular weight excluding hydrogens is 314 g/mol. The Balaban J connectivity index is 0.00000264. The molecule has 5 nitrogen and oxygen atoms in total. The number of carbonyl (C=O) groups is 2. The Bertz CT molecular complexity index is 561. The molecule has 1 aromatic carbocycles. The van der Waals surface area contributed by atoms with Crippen LogP contribution in [0.1, 0.15) is 49.3 Å². The Morgan fingerprint density at radius 3 is 2.74 bits per heavy atom. The van der Waals surface area contributed by atoms with Crippen LogP contribution in [0.3, 0.4) is 0 Å². The summed E-state index contributed by atoms with van der Waals surface area (Å²) in [5, 5.41) is 3.09. The van der Waals surface area contributed by atoms with E-state index in [0.29, 0.717) is 19.3 Å². The minimum absolute atomic E-state index is 0. The van der Waals surface area contributed by atoms with E-state index in [4.69, 9.17) is 5.73 Å². The van der Waals surface area contributed by atoms with Gasteiger partial charge in [-0.2, -0.15) is 0 Å². The number of carbonyl (C=O) groups excluding carboxylic acids is 2. The summed E-state index contributed by atoms with van der Waals surface area (Å²) in [6.07, 6.45) is 4.42. The van der Waals surface area contributed by atoms with E-state index in [-0.39, 0.29) is 30.3 Å². The van der Waals surface area contributed by atoms with Crippen molar-refractivity contribution in [3.05, 3.63) is 29.3 Å². The summed E-state index contributed by atoms with van der Waals surface area (Å²) < 4.78 is 0. The number of nitrogens with zero attached hydrogens (tertiary/aromatic N) is 1. The van der Waals surface area contributed by atoms with Gasteiger partial charge in [0.15, 0.2) is 0 Å². The summed E-state index contributed by atoms with van der Waals surface area (Å²) in [6, 6.07) is 5.98. The van der Waals surface area contributed by atoms with Gasteiger partial charge in [-0.3, -0.25) is 9.59 Å². The fraction of sp³-hybridized carbons (Fsp3) is 0.529. The minimum Gasteiger partial charge on any atom is -0.399 e. The fourth-order valence-corrected chi connectivity index (χ4v) is 2.87. The van der Waals surface area contributed by atoms with Crippen molar-refractivity contribution in [3.63, 3.8) is 0 Å². The number of rotatable bonds is 5. The zero-order valence-electron chi connectivity index (χ0n) is 13.8. The first kappa shape index (κ1) is 19.3. The standard InChI is InChI=1S/C17H25N3O2.ClH/c1-20(2)17(22)8-4-7-16(21)19-15-6-3-5-12-11-13(18)9-10-14(12)15;/h9-11,15H,3-8,18H2,1-2H3,(H,19,21);1H. The number of halogens is 1. The summed E-state index contributed by atoms with van der Waals surface area (Å²) in [4.78, 5) is 25.1. The van der Waals surface area contributed by atoms with Crippen LogP contribution in [0.5, 0.6) is 0 Å². The molecule has 1 aromatic rings. The van der Waals surface area contributed by atoms with E-state index in [9.17, 15) is 9.59 Å². The number of nitrogens with two attached hydrogens (primary N) is 1. The molecule has 0 aliphatic heterocycles. The largest absolute Gasteiger partial charge is 0.399 e. The highest BCUT2D eigenvalue weighted by atomic mass is 35.5. The molecule has 1 unspecified atom stereocenters. The Hall–Kier alpha value is -1.75. The third-order valence-corrected chi connectivity index (χ3v) is 4.11. The predicted molar refractivity (Wildman–Crippen MR) is 94.5 cm³/mol. The van der Waals surface area contributed by atoms with Crippen LogP contribution in [0.4, 0.5) is 5.69 Å². The lowest BCUT2D eigenvalue weighted by atomic mass is 9.87. The Morgan fingerprint density at radius 2 is 2.04 bits per heavy atom. The first-order valence-electron chi connectivity index (χ1n) is 7.85. The summed E-state index contributed by atoms with van der Waals surface area (Å²) in [5.74, 6) is 0.0764. The van der Waals surface area contributed by atoms with E-state index >= 15 is 0 Å². The van der Waals surface area contributed by atoms with Crippen LogP contribution in [-0.4, -0.2) is 30.8 Å². The zero-order chi connectivity index (χ0) is 16.1. The predicted octanol–water partition coefficient (Wildman–Crippen LogP) is 2.44. The van der Waals surface area contributed by atoms with Crippen LogP contribution in [0.2, 0.25) is 0 Å². The van der Waals surface area contributed by atoms with Gasteiger partial charge in [-0.1, -0.05) is 6.07 Å². The Morgan fingerprint density at radius 1 is 1.30 bits per heavy atom. The average Bonchev–Trinajstić information content (AvgIpc) is 2.46. The summed E-state index contributed by atoms with van der Waals surface area (Å²) in [5.41, 5.74) is 9.01. The molecule has 2 amide bonds. The number of aryl methyl sites for hydroxylation is 1. The third-order valence-electron chi connectivity index (χ3n) is 4.11. The molecule has 0 saturated heterocycles. The average molecular weight is 340 g/mol. The highest BCUT2D eigenvalue weighted by Crippen LogP contribution is 2.31. The molecule has 2 rings (SSSR count). The number of hydrogen-bond acceptors (Lipinski definition) is 3. The molecule has 23 heavy (non-hydrogen) atoms. The van der Waals surface area contributed by atoms with Gasteiger partial charge in [0, 0.05) is 32.6 Å². The van der Waals surface area contributed by atoms with Crippen molar-refractivity contribution in [1.82, 2.24) is 10.2 Å². The maximum absolute atomic E-state index is 12.1. The Kier molecular flexibility index (Phi) is 7.36. The highest BCUT2D eigenvalue weighted by Gasteiger charge is 2.21. The van der Waals surface area contributed by atoms with Crippen LogP contribution < -0.4 is 11.1 Å². The van der Waals surface area contributed by atoms with Crippen molar-refractivity contribution in [2.24, 2.45) is 0 Å². The molecule has 1 aliphatic carbocycles. The molecule has 0 aromatic heterocycles.